The minimum Gasteiger partial charge on any atom is -0.347 e. The molecule has 1 N–H and O–H groups in total. The van der Waals surface area contributed by atoms with E-state index in [4.69, 9.17) is 0 Å². The molecule has 0 aliphatic carbocycles. The van der Waals surface area contributed by atoms with Gasteiger partial charge in [0.15, 0.2) is 0 Å². The molecule has 0 saturated carbocycles. The monoisotopic (exact) mass is 239 g/mol. The van der Waals surface area contributed by atoms with Gasteiger partial charge in [0.1, 0.15) is 6.04 Å². The zero-order chi connectivity index (χ0) is 12.4. The highest BCUT2D eigenvalue weighted by molar-refractivity contribution is 5.88. The van der Waals surface area contributed by atoms with Crippen LogP contribution in [0.15, 0.2) is 0 Å². The molecule has 2 saturated heterocycles. The molecule has 2 aliphatic rings. The Morgan fingerprint density at radius 3 is 2.59 bits per heavy atom. The molecule has 1 atom stereocenters. The molecule has 2 heterocycles. The Morgan fingerprint density at radius 1 is 1.35 bits per heavy atom. The third-order valence-corrected chi connectivity index (χ3v) is 3.63. The Hall–Kier alpha value is -1.10. The highest BCUT2D eigenvalue weighted by atomic mass is 16.2. The van der Waals surface area contributed by atoms with E-state index in [1.807, 2.05) is 0 Å². The van der Waals surface area contributed by atoms with E-state index in [0.717, 1.165) is 32.5 Å². The van der Waals surface area contributed by atoms with Gasteiger partial charge in [0.25, 0.3) is 0 Å². The summed E-state index contributed by atoms with van der Waals surface area (Å²) < 4.78 is 0. The molecule has 96 valence electrons. The minimum absolute atomic E-state index is 0.0579. The van der Waals surface area contributed by atoms with Gasteiger partial charge in [0, 0.05) is 27.1 Å². The molecule has 0 aromatic rings. The molecule has 2 fully saturated rings. The van der Waals surface area contributed by atoms with Crippen LogP contribution < -0.4 is 5.32 Å². The van der Waals surface area contributed by atoms with E-state index in [1.54, 1.807) is 23.9 Å². The summed E-state index contributed by atoms with van der Waals surface area (Å²) in [4.78, 5) is 27.4. The van der Waals surface area contributed by atoms with Crippen molar-refractivity contribution in [1.29, 1.82) is 0 Å². The molecule has 2 rings (SSSR count). The van der Waals surface area contributed by atoms with Crippen LogP contribution in [0.1, 0.15) is 19.3 Å². The van der Waals surface area contributed by atoms with Crippen molar-refractivity contribution >= 4 is 11.8 Å². The molecule has 0 aromatic carbocycles. The second kappa shape index (κ2) is 5.04. The molecule has 1 unspecified atom stereocenters. The molecule has 2 aliphatic heterocycles. The lowest BCUT2D eigenvalue weighted by Crippen LogP contribution is -2.49. The second-order valence-corrected chi connectivity index (χ2v) is 5.21. The number of hydrogen-bond acceptors (Lipinski definition) is 3. The summed E-state index contributed by atoms with van der Waals surface area (Å²) in [5.74, 6) is 0.676. The fourth-order valence-corrected chi connectivity index (χ4v) is 2.48. The summed E-state index contributed by atoms with van der Waals surface area (Å²) in [7, 11) is 3.50. The van der Waals surface area contributed by atoms with Gasteiger partial charge >= 0.3 is 0 Å². The van der Waals surface area contributed by atoms with Crippen LogP contribution in [0.3, 0.4) is 0 Å². The Morgan fingerprint density at radius 2 is 2.06 bits per heavy atom. The summed E-state index contributed by atoms with van der Waals surface area (Å²) in [6, 6.07) is -0.217. The number of carbonyl (C=O) groups excluding carboxylic acids is 2. The maximum Gasteiger partial charge on any atom is 0.244 e. The van der Waals surface area contributed by atoms with Crippen LogP contribution in [0, 0.1) is 5.92 Å². The molecule has 5 heteroatoms. The number of nitrogens with zero attached hydrogens (tertiary/aromatic N) is 2. The lowest BCUT2D eigenvalue weighted by molar-refractivity contribution is -0.143. The number of carbonyl (C=O) groups is 2. The molecular formula is C12H21N3O2. The third kappa shape index (κ3) is 2.60. The van der Waals surface area contributed by atoms with E-state index < -0.39 is 0 Å². The van der Waals surface area contributed by atoms with Crippen LogP contribution in [-0.2, 0) is 9.59 Å². The van der Waals surface area contributed by atoms with E-state index in [0.29, 0.717) is 12.3 Å². The fraction of sp³-hybridized carbons (Fsp3) is 0.833. The van der Waals surface area contributed by atoms with Gasteiger partial charge in [0.2, 0.25) is 11.8 Å². The minimum atomic E-state index is -0.217. The first-order valence-corrected chi connectivity index (χ1v) is 6.31. The van der Waals surface area contributed by atoms with Gasteiger partial charge in [-0.3, -0.25) is 9.59 Å². The van der Waals surface area contributed by atoms with Crippen LogP contribution in [0.5, 0.6) is 0 Å². The highest BCUT2D eigenvalue weighted by Gasteiger charge is 2.35. The summed E-state index contributed by atoms with van der Waals surface area (Å²) >= 11 is 0. The van der Waals surface area contributed by atoms with Crippen LogP contribution in [0.4, 0.5) is 0 Å². The van der Waals surface area contributed by atoms with Gasteiger partial charge in [-0.25, -0.2) is 0 Å². The van der Waals surface area contributed by atoms with Crippen molar-refractivity contribution in [3.05, 3.63) is 0 Å². The van der Waals surface area contributed by atoms with E-state index >= 15 is 0 Å². The van der Waals surface area contributed by atoms with Crippen LogP contribution in [0.25, 0.3) is 0 Å². The van der Waals surface area contributed by atoms with Gasteiger partial charge < -0.3 is 15.1 Å². The van der Waals surface area contributed by atoms with E-state index in [2.05, 4.69) is 5.32 Å². The SMILES string of the molecule is CN(C)C(=O)C1CCCN1C(=O)CC1CNC1. The van der Waals surface area contributed by atoms with Crippen molar-refractivity contribution in [3.8, 4) is 0 Å². The molecule has 0 spiro atoms. The van der Waals surface area contributed by atoms with Gasteiger partial charge in [-0.05, 0) is 31.8 Å². The van der Waals surface area contributed by atoms with Crippen molar-refractivity contribution in [2.75, 3.05) is 33.7 Å². The van der Waals surface area contributed by atoms with Crippen molar-refractivity contribution in [3.63, 3.8) is 0 Å². The number of rotatable bonds is 3. The predicted molar refractivity (Wildman–Crippen MR) is 64.4 cm³/mol. The van der Waals surface area contributed by atoms with Gasteiger partial charge in [-0.15, -0.1) is 0 Å². The number of hydrogen-bond donors (Lipinski definition) is 1. The second-order valence-electron chi connectivity index (χ2n) is 5.21. The predicted octanol–water partition coefficient (Wildman–Crippen LogP) is -0.325. The maximum atomic E-state index is 12.1. The van der Waals surface area contributed by atoms with Gasteiger partial charge in [-0.2, -0.15) is 0 Å². The molecule has 0 aromatic heterocycles. The summed E-state index contributed by atoms with van der Waals surface area (Å²) in [6.45, 7) is 2.61. The Balaban J connectivity index is 1.93. The van der Waals surface area contributed by atoms with E-state index in [1.165, 1.54) is 0 Å². The van der Waals surface area contributed by atoms with Crippen LogP contribution >= 0.6 is 0 Å². The first-order chi connectivity index (χ1) is 8.09. The lowest BCUT2D eigenvalue weighted by atomic mass is 9.98. The lowest BCUT2D eigenvalue weighted by Gasteiger charge is -2.31. The third-order valence-electron chi connectivity index (χ3n) is 3.63. The molecule has 2 amide bonds. The average molecular weight is 239 g/mol. The molecule has 0 radical (unpaired) electrons. The highest BCUT2D eigenvalue weighted by Crippen LogP contribution is 2.21. The smallest absolute Gasteiger partial charge is 0.244 e. The molecule has 0 bridgehead atoms. The normalized spacial score (nSPS) is 24.6. The summed E-state index contributed by atoms with van der Waals surface area (Å²) in [6.07, 6.45) is 2.34. The number of nitrogens with one attached hydrogen (secondary N) is 1. The number of likely N-dealkylation sites (N-methyl/N-ethyl adjacent to an activating group) is 1. The Kier molecular flexibility index (Phi) is 3.66. The Bertz CT molecular complexity index is 313. The van der Waals surface area contributed by atoms with Crippen molar-refractivity contribution in [2.24, 2.45) is 5.92 Å². The first kappa shape index (κ1) is 12.4. The first-order valence-electron chi connectivity index (χ1n) is 6.31. The standard InChI is InChI=1S/C12H21N3O2/c1-14(2)12(17)10-4-3-5-15(10)11(16)6-9-7-13-8-9/h9-10,13H,3-8H2,1-2H3. The van der Waals surface area contributed by atoms with Gasteiger partial charge in [-0.1, -0.05) is 0 Å². The fourth-order valence-electron chi connectivity index (χ4n) is 2.48. The average Bonchev–Trinajstić information content (AvgIpc) is 2.70. The number of amides is 2. The summed E-state index contributed by atoms with van der Waals surface area (Å²) in [5.41, 5.74) is 0. The van der Waals surface area contributed by atoms with Crippen molar-refractivity contribution in [2.45, 2.75) is 25.3 Å². The van der Waals surface area contributed by atoms with E-state index in [9.17, 15) is 9.59 Å². The topological polar surface area (TPSA) is 52.7 Å². The van der Waals surface area contributed by atoms with Gasteiger partial charge in [0.05, 0.1) is 0 Å². The van der Waals surface area contributed by atoms with Crippen LogP contribution in [0.2, 0.25) is 0 Å². The maximum absolute atomic E-state index is 12.1. The zero-order valence-electron chi connectivity index (χ0n) is 10.6. The Labute approximate surface area is 102 Å². The number of likely N-dealkylation sites (tertiary alicyclic amines) is 1. The quantitative estimate of drug-likeness (QED) is 0.734. The van der Waals surface area contributed by atoms with Crippen molar-refractivity contribution in [1.82, 2.24) is 15.1 Å². The largest absolute Gasteiger partial charge is 0.347 e. The van der Waals surface area contributed by atoms with Crippen molar-refractivity contribution < 1.29 is 9.59 Å². The molecule has 5 nitrogen and oxygen atoms in total. The summed E-state index contributed by atoms with van der Waals surface area (Å²) in [5, 5.41) is 3.16. The zero-order valence-corrected chi connectivity index (χ0v) is 10.6. The molecular weight excluding hydrogens is 218 g/mol. The van der Waals surface area contributed by atoms with Crippen LogP contribution in [-0.4, -0.2) is 61.4 Å². The van der Waals surface area contributed by atoms with E-state index in [-0.39, 0.29) is 17.9 Å². The molecule has 17 heavy (non-hydrogen) atoms.